The molecule has 2 rings (SSSR count). The zero-order valence-corrected chi connectivity index (χ0v) is 10.5. The predicted octanol–water partition coefficient (Wildman–Crippen LogP) is 1.71. The van der Waals surface area contributed by atoms with Crippen LogP contribution < -0.4 is 0 Å². The SMILES string of the molecule is CC1CN(C(=O)c2cncc(Cl)n2)CCS1. The van der Waals surface area contributed by atoms with E-state index in [0.717, 1.165) is 18.8 Å². The van der Waals surface area contributed by atoms with E-state index in [1.54, 1.807) is 0 Å². The lowest BCUT2D eigenvalue weighted by Crippen LogP contribution is -2.41. The molecule has 1 aliphatic heterocycles. The Labute approximate surface area is 103 Å². The summed E-state index contributed by atoms with van der Waals surface area (Å²) in [5.41, 5.74) is 0.326. The summed E-state index contributed by atoms with van der Waals surface area (Å²) in [5.74, 6) is 0.892. The third-order valence-corrected chi connectivity index (χ3v) is 3.67. The van der Waals surface area contributed by atoms with Crippen LogP contribution in [-0.2, 0) is 0 Å². The molecule has 0 bridgehead atoms. The minimum absolute atomic E-state index is 0.0813. The molecule has 1 aliphatic rings. The Morgan fingerprint density at radius 2 is 2.44 bits per heavy atom. The Bertz CT molecular complexity index is 401. The molecule has 0 spiro atoms. The van der Waals surface area contributed by atoms with Gasteiger partial charge in [0.2, 0.25) is 0 Å². The lowest BCUT2D eigenvalue weighted by Gasteiger charge is -2.30. The normalized spacial score (nSPS) is 20.9. The molecule has 1 aromatic heterocycles. The quantitative estimate of drug-likeness (QED) is 0.768. The van der Waals surface area contributed by atoms with Crippen LogP contribution in [0.4, 0.5) is 0 Å². The Kier molecular flexibility index (Phi) is 3.66. The molecule has 2 heterocycles. The highest BCUT2D eigenvalue weighted by molar-refractivity contribution is 7.99. The maximum Gasteiger partial charge on any atom is 0.274 e. The van der Waals surface area contributed by atoms with E-state index in [2.05, 4.69) is 16.9 Å². The summed E-state index contributed by atoms with van der Waals surface area (Å²) in [5, 5.41) is 0.732. The molecule has 0 radical (unpaired) electrons. The van der Waals surface area contributed by atoms with Crippen LogP contribution >= 0.6 is 23.4 Å². The molecule has 0 saturated carbocycles. The van der Waals surface area contributed by atoms with E-state index >= 15 is 0 Å². The van der Waals surface area contributed by atoms with E-state index in [9.17, 15) is 4.79 Å². The summed E-state index contributed by atoms with van der Waals surface area (Å²) in [7, 11) is 0. The van der Waals surface area contributed by atoms with Gasteiger partial charge in [0.1, 0.15) is 10.8 Å². The highest BCUT2D eigenvalue weighted by Gasteiger charge is 2.23. The van der Waals surface area contributed by atoms with Crippen molar-refractivity contribution in [2.45, 2.75) is 12.2 Å². The van der Waals surface area contributed by atoms with Crippen LogP contribution in [-0.4, -0.2) is 44.9 Å². The molecule has 0 aromatic carbocycles. The number of thioether (sulfide) groups is 1. The number of carbonyl (C=O) groups is 1. The molecule has 6 heteroatoms. The van der Waals surface area contributed by atoms with Crippen LogP contribution in [0.15, 0.2) is 12.4 Å². The van der Waals surface area contributed by atoms with Gasteiger partial charge in [-0.2, -0.15) is 11.8 Å². The summed E-state index contributed by atoms with van der Waals surface area (Å²) >= 11 is 7.59. The first-order chi connectivity index (χ1) is 7.66. The van der Waals surface area contributed by atoms with Crippen LogP contribution in [0.25, 0.3) is 0 Å². The second-order valence-electron chi connectivity index (χ2n) is 3.66. The first-order valence-electron chi connectivity index (χ1n) is 5.05. The zero-order valence-electron chi connectivity index (χ0n) is 8.89. The van der Waals surface area contributed by atoms with Gasteiger partial charge in [-0.25, -0.2) is 4.98 Å². The number of aromatic nitrogens is 2. The fourth-order valence-electron chi connectivity index (χ4n) is 1.61. The fourth-order valence-corrected chi connectivity index (χ4v) is 2.77. The summed E-state index contributed by atoms with van der Waals surface area (Å²) < 4.78 is 0. The molecule has 1 unspecified atom stereocenters. The number of halogens is 1. The summed E-state index contributed by atoms with van der Waals surface area (Å²) in [6, 6.07) is 0. The topological polar surface area (TPSA) is 46.1 Å². The van der Waals surface area contributed by atoms with Crippen molar-refractivity contribution in [1.29, 1.82) is 0 Å². The Hall–Kier alpha value is -0.810. The molecule has 1 atom stereocenters. The predicted molar refractivity (Wildman–Crippen MR) is 64.9 cm³/mol. The number of hydrogen-bond acceptors (Lipinski definition) is 4. The highest BCUT2D eigenvalue weighted by atomic mass is 35.5. The number of amides is 1. The van der Waals surface area contributed by atoms with Crippen molar-refractivity contribution in [3.63, 3.8) is 0 Å². The van der Waals surface area contributed by atoms with Gasteiger partial charge in [-0.1, -0.05) is 18.5 Å². The van der Waals surface area contributed by atoms with Crippen molar-refractivity contribution >= 4 is 29.3 Å². The lowest BCUT2D eigenvalue weighted by molar-refractivity contribution is 0.0757. The standard InChI is InChI=1S/C10H12ClN3OS/c1-7-6-14(2-3-16-7)10(15)8-4-12-5-9(11)13-8/h4-5,7H,2-3,6H2,1H3. The van der Waals surface area contributed by atoms with Gasteiger partial charge < -0.3 is 4.90 Å². The maximum atomic E-state index is 12.1. The molecule has 0 N–H and O–H groups in total. The minimum atomic E-state index is -0.0813. The molecule has 86 valence electrons. The third kappa shape index (κ3) is 2.65. The van der Waals surface area contributed by atoms with Crippen molar-refractivity contribution in [3.8, 4) is 0 Å². The van der Waals surface area contributed by atoms with Gasteiger partial charge in [0.15, 0.2) is 0 Å². The lowest BCUT2D eigenvalue weighted by atomic mass is 10.3. The van der Waals surface area contributed by atoms with Crippen molar-refractivity contribution in [3.05, 3.63) is 23.2 Å². The van der Waals surface area contributed by atoms with Gasteiger partial charge >= 0.3 is 0 Å². The van der Waals surface area contributed by atoms with Gasteiger partial charge in [-0.3, -0.25) is 9.78 Å². The van der Waals surface area contributed by atoms with Crippen LogP contribution in [0.1, 0.15) is 17.4 Å². The van der Waals surface area contributed by atoms with E-state index in [0.29, 0.717) is 10.9 Å². The largest absolute Gasteiger partial charge is 0.335 e. The molecule has 1 saturated heterocycles. The van der Waals surface area contributed by atoms with E-state index in [-0.39, 0.29) is 11.1 Å². The molecule has 4 nitrogen and oxygen atoms in total. The maximum absolute atomic E-state index is 12.1. The van der Waals surface area contributed by atoms with Gasteiger partial charge in [0.05, 0.1) is 12.4 Å². The molecular weight excluding hydrogens is 246 g/mol. The first kappa shape index (κ1) is 11.7. The van der Waals surface area contributed by atoms with Crippen molar-refractivity contribution in [2.24, 2.45) is 0 Å². The second kappa shape index (κ2) is 5.01. The minimum Gasteiger partial charge on any atom is -0.335 e. The number of nitrogens with zero attached hydrogens (tertiary/aromatic N) is 3. The third-order valence-electron chi connectivity index (χ3n) is 2.35. The molecule has 16 heavy (non-hydrogen) atoms. The molecule has 0 aliphatic carbocycles. The average Bonchev–Trinajstić information content (AvgIpc) is 2.28. The van der Waals surface area contributed by atoms with Crippen LogP contribution in [0.3, 0.4) is 0 Å². The van der Waals surface area contributed by atoms with Gasteiger partial charge in [-0.15, -0.1) is 0 Å². The molecule has 1 amide bonds. The molecule has 1 fully saturated rings. The van der Waals surface area contributed by atoms with Crippen molar-refractivity contribution in [2.75, 3.05) is 18.8 Å². The Morgan fingerprint density at radius 1 is 1.62 bits per heavy atom. The van der Waals surface area contributed by atoms with Gasteiger partial charge in [-0.05, 0) is 0 Å². The summed E-state index contributed by atoms with van der Waals surface area (Å²) in [6.07, 6.45) is 2.88. The Morgan fingerprint density at radius 3 is 3.12 bits per heavy atom. The highest BCUT2D eigenvalue weighted by Crippen LogP contribution is 2.19. The Balaban J connectivity index is 2.12. The van der Waals surface area contributed by atoms with Gasteiger partial charge in [0.25, 0.3) is 5.91 Å². The number of rotatable bonds is 1. The second-order valence-corrected chi connectivity index (χ2v) is 5.59. The van der Waals surface area contributed by atoms with Crippen LogP contribution in [0, 0.1) is 0 Å². The van der Waals surface area contributed by atoms with E-state index in [1.807, 2.05) is 16.7 Å². The van der Waals surface area contributed by atoms with Crippen molar-refractivity contribution < 1.29 is 4.79 Å². The summed E-state index contributed by atoms with van der Waals surface area (Å²) in [6.45, 7) is 3.65. The molecular formula is C10H12ClN3OS. The smallest absolute Gasteiger partial charge is 0.274 e. The first-order valence-corrected chi connectivity index (χ1v) is 6.48. The summed E-state index contributed by atoms with van der Waals surface area (Å²) in [4.78, 5) is 21.7. The van der Waals surface area contributed by atoms with Crippen molar-refractivity contribution in [1.82, 2.24) is 14.9 Å². The van der Waals surface area contributed by atoms with E-state index in [1.165, 1.54) is 12.4 Å². The molecule has 1 aromatic rings. The fraction of sp³-hybridized carbons (Fsp3) is 0.500. The van der Waals surface area contributed by atoms with Crippen LogP contribution in [0.5, 0.6) is 0 Å². The number of carbonyl (C=O) groups excluding carboxylic acids is 1. The average molecular weight is 258 g/mol. The zero-order chi connectivity index (χ0) is 11.5. The van der Waals surface area contributed by atoms with E-state index in [4.69, 9.17) is 11.6 Å². The van der Waals surface area contributed by atoms with Gasteiger partial charge in [0, 0.05) is 24.1 Å². The van der Waals surface area contributed by atoms with E-state index < -0.39 is 0 Å². The monoisotopic (exact) mass is 257 g/mol. The number of hydrogen-bond donors (Lipinski definition) is 0. The van der Waals surface area contributed by atoms with Crippen LogP contribution in [0.2, 0.25) is 5.15 Å².